The average molecular weight is 303 g/mol. The molecule has 86 valence electrons. The predicted molar refractivity (Wildman–Crippen MR) is 70.7 cm³/mol. The summed E-state index contributed by atoms with van der Waals surface area (Å²) in [4.78, 5) is 4.47. The molecule has 1 aliphatic rings. The zero-order valence-corrected chi connectivity index (χ0v) is 11.1. The highest BCUT2D eigenvalue weighted by molar-refractivity contribution is 9.10. The molecule has 1 fully saturated rings. The van der Waals surface area contributed by atoms with Gasteiger partial charge in [-0.15, -0.1) is 0 Å². The molecule has 0 unspecified atom stereocenters. The van der Waals surface area contributed by atoms with Gasteiger partial charge in [-0.3, -0.25) is 4.99 Å². The van der Waals surface area contributed by atoms with Gasteiger partial charge >= 0.3 is 0 Å². The Labute approximate surface area is 108 Å². The summed E-state index contributed by atoms with van der Waals surface area (Å²) in [7, 11) is 0. The van der Waals surface area contributed by atoms with Crippen LogP contribution in [-0.4, -0.2) is 17.4 Å². The van der Waals surface area contributed by atoms with Crippen LogP contribution in [-0.2, 0) is 0 Å². The maximum Gasteiger partial charge on any atom is 0.138 e. The molecule has 1 aliphatic carbocycles. The minimum absolute atomic E-state index is 0.200. The van der Waals surface area contributed by atoms with E-state index in [1.54, 1.807) is 18.3 Å². The van der Waals surface area contributed by atoms with Crippen molar-refractivity contribution in [2.75, 3.05) is 0 Å². The summed E-state index contributed by atoms with van der Waals surface area (Å²) in [6.07, 6.45) is 6.54. The van der Waals surface area contributed by atoms with E-state index in [9.17, 15) is 5.11 Å². The van der Waals surface area contributed by atoms with Crippen molar-refractivity contribution in [3.63, 3.8) is 0 Å². The zero-order valence-electron chi connectivity index (χ0n) is 8.79. The van der Waals surface area contributed by atoms with Crippen LogP contribution in [0.5, 0.6) is 5.75 Å². The van der Waals surface area contributed by atoms with E-state index in [1.807, 2.05) is 0 Å². The number of benzene rings is 1. The van der Waals surface area contributed by atoms with E-state index in [2.05, 4.69) is 20.9 Å². The lowest BCUT2D eigenvalue weighted by Gasteiger charge is -2.04. The van der Waals surface area contributed by atoms with Gasteiger partial charge in [0.25, 0.3) is 0 Å². The molecule has 0 aromatic heterocycles. The Kier molecular flexibility index (Phi) is 3.87. The molecule has 0 heterocycles. The van der Waals surface area contributed by atoms with E-state index in [0.717, 1.165) is 12.8 Å². The summed E-state index contributed by atoms with van der Waals surface area (Å²) in [6.45, 7) is 0. The van der Waals surface area contributed by atoms with E-state index in [-0.39, 0.29) is 5.75 Å². The van der Waals surface area contributed by atoms with Gasteiger partial charge in [-0.05, 0) is 40.9 Å². The molecular formula is C12H13BrClNO. The number of phenols is 1. The number of rotatable bonds is 2. The average Bonchev–Trinajstić information content (AvgIpc) is 2.74. The van der Waals surface area contributed by atoms with Crippen LogP contribution in [0, 0.1) is 0 Å². The largest absolute Gasteiger partial charge is 0.506 e. The van der Waals surface area contributed by atoms with Gasteiger partial charge in [0.1, 0.15) is 5.75 Å². The van der Waals surface area contributed by atoms with Crippen molar-refractivity contribution in [2.24, 2.45) is 4.99 Å². The Morgan fingerprint density at radius 1 is 1.38 bits per heavy atom. The summed E-state index contributed by atoms with van der Waals surface area (Å²) in [5.41, 5.74) is 0.672. The summed E-state index contributed by atoms with van der Waals surface area (Å²) >= 11 is 9.17. The minimum Gasteiger partial charge on any atom is -0.506 e. The Morgan fingerprint density at radius 3 is 2.75 bits per heavy atom. The molecule has 2 rings (SSSR count). The Morgan fingerprint density at radius 2 is 2.06 bits per heavy atom. The van der Waals surface area contributed by atoms with Crippen LogP contribution in [0.25, 0.3) is 0 Å². The predicted octanol–water partition coefficient (Wildman–Crippen LogP) is 4.17. The maximum atomic E-state index is 9.80. The van der Waals surface area contributed by atoms with E-state index in [1.165, 1.54) is 12.8 Å². The quantitative estimate of drug-likeness (QED) is 0.817. The lowest BCUT2D eigenvalue weighted by molar-refractivity contribution is 0.471. The second kappa shape index (κ2) is 5.19. The number of aliphatic imine (C=N–C) groups is 1. The van der Waals surface area contributed by atoms with Crippen molar-refractivity contribution in [1.82, 2.24) is 0 Å². The summed E-state index contributed by atoms with van der Waals surface area (Å²) in [5.74, 6) is 0.200. The van der Waals surface area contributed by atoms with Crippen LogP contribution < -0.4 is 0 Å². The molecule has 0 spiro atoms. The Balaban J connectivity index is 2.19. The molecule has 1 aromatic rings. The molecule has 0 bridgehead atoms. The van der Waals surface area contributed by atoms with Crippen LogP contribution in [0.15, 0.2) is 21.6 Å². The molecule has 2 nitrogen and oxygen atoms in total. The molecule has 0 saturated heterocycles. The third-order valence-corrected chi connectivity index (χ3v) is 3.63. The van der Waals surface area contributed by atoms with Crippen LogP contribution in [0.3, 0.4) is 0 Å². The topological polar surface area (TPSA) is 32.6 Å². The number of phenolic OH excluding ortho intramolecular Hbond substituents is 1. The molecule has 4 heteroatoms. The lowest BCUT2D eigenvalue weighted by atomic mass is 10.2. The maximum absolute atomic E-state index is 9.80. The summed E-state index contributed by atoms with van der Waals surface area (Å²) in [6, 6.07) is 3.81. The molecule has 0 radical (unpaired) electrons. The molecule has 16 heavy (non-hydrogen) atoms. The van der Waals surface area contributed by atoms with E-state index in [0.29, 0.717) is 21.1 Å². The Hall–Kier alpha value is -0.540. The standard InChI is InChI=1S/C12H13BrClNO/c13-11-6-9(14)5-8(12(11)16)7-15-10-3-1-2-4-10/h5-7,10,16H,1-4H2. The first-order valence-corrected chi connectivity index (χ1v) is 6.55. The molecule has 0 aliphatic heterocycles. The van der Waals surface area contributed by atoms with Gasteiger partial charge in [0, 0.05) is 22.8 Å². The molecular weight excluding hydrogens is 289 g/mol. The van der Waals surface area contributed by atoms with Gasteiger partial charge < -0.3 is 5.11 Å². The van der Waals surface area contributed by atoms with Crippen LogP contribution in [0.1, 0.15) is 31.2 Å². The second-order valence-corrected chi connectivity index (χ2v) is 5.33. The van der Waals surface area contributed by atoms with Crippen LogP contribution in [0.2, 0.25) is 5.02 Å². The highest BCUT2D eigenvalue weighted by atomic mass is 79.9. The highest BCUT2D eigenvalue weighted by Gasteiger charge is 2.13. The summed E-state index contributed by atoms with van der Waals surface area (Å²) in [5, 5.41) is 10.4. The van der Waals surface area contributed by atoms with Crippen molar-refractivity contribution in [3.8, 4) is 5.75 Å². The monoisotopic (exact) mass is 301 g/mol. The smallest absolute Gasteiger partial charge is 0.138 e. The molecule has 0 atom stereocenters. The van der Waals surface area contributed by atoms with Gasteiger partial charge in [-0.2, -0.15) is 0 Å². The lowest BCUT2D eigenvalue weighted by Crippen LogP contribution is -1.96. The van der Waals surface area contributed by atoms with Gasteiger partial charge in [-0.1, -0.05) is 24.4 Å². The molecule has 1 aromatic carbocycles. The van der Waals surface area contributed by atoms with Crippen molar-refractivity contribution < 1.29 is 5.11 Å². The first-order valence-electron chi connectivity index (χ1n) is 5.38. The fraction of sp³-hybridized carbons (Fsp3) is 0.417. The first-order chi connectivity index (χ1) is 7.66. The summed E-state index contributed by atoms with van der Waals surface area (Å²) < 4.78 is 0.605. The zero-order chi connectivity index (χ0) is 11.5. The second-order valence-electron chi connectivity index (χ2n) is 4.04. The number of aromatic hydroxyl groups is 1. The normalized spacial score (nSPS) is 17.4. The molecule has 0 amide bonds. The van der Waals surface area contributed by atoms with Crippen molar-refractivity contribution in [3.05, 3.63) is 27.2 Å². The first kappa shape index (κ1) is 11.9. The third-order valence-electron chi connectivity index (χ3n) is 2.81. The number of hydrogen-bond acceptors (Lipinski definition) is 2. The van der Waals surface area contributed by atoms with E-state index < -0.39 is 0 Å². The number of halogens is 2. The van der Waals surface area contributed by atoms with Crippen molar-refractivity contribution in [1.29, 1.82) is 0 Å². The highest BCUT2D eigenvalue weighted by Crippen LogP contribution is 2.30. The van der Waals surface area contributed by atoms with Gasteiger partial charge in [-0.25, -0.2) is 0 Å². The van der Waals surface area contributed by atoms with E-state index in [4.69, 9.17) is 11.6 Å². The minimum atomic E-state index is 0.200. The number of nitrogens with zero attached hydrogens (tertiary/aromatic N) is 1. The molecule has 1 saturated carbocycles. The fourth-order valence-corrected chi connectivity index (χ4v) is 2.76. The van der Waals surface area contributed by atoms with Crippen LogP contribution >= 0.6 is 27.5 Å². The van der Waals surface area contributed by atoms with Crippen molar-refractivity contribution in [2.45, 2.75) is 31.7 Å². The third kappa shape index (κ3) is 2.77. The van der Waals surface area contributed by atoms with Crippen LogP contribution in [0.4, 0.5) is 0 Å². The van der Waals surface area contributed by atoms with Gasteiger partial charge in [0.05, 0.1) is 4.47 Å². The Bertz CT molecular complexity index is 414. The van der Waals surface area contributed by atoms with E-state index >= 15 is 0 Å². The molecule has 1 N–H and O–H groups in total. The fourth-order valence-electron chi connectivity index (χ4n) is 1.92. The number of hydrogen-bond donors (Lipinski definition) is 1. The van der Waals surface area contributed by atoms with Crippen molar-refractivity contribution >= 4 is 33.7 Å². The van der Waals surface area contributed by atoms with Gasteiger partial charge in [0.15, 0.2) is 0 Å². The van der Waals surface area contributed by atoms with Gasteiger partial charge in [0.2, 0.25) is 0 Å². The SMILES string of the molecule is Oc1c(Br)cc(Cl)cc1C=NC1CCCC1.